The predicted molar refractivity (Wildman–Crippen MR) is 223 cm³/mol. The van der Waals surface area contributed by atoms with Gasteiger partial charge in [-0.2, -0.15) is 0 Å². The molecule has 0 N–H and O–H groups in total. The van der Waals surface area contributed by atoms with Crippen LogP contribution < -0.4 is 0 Å². The maximum Gasteiger partial charge on any atom is 0.101 e. The zero-order chi connectivity index (χ0) is 35.1. The molecule has 292 valence electrons. The van der Waals surface area contributed by atoms with Gasteiger partial charge in [-0.3, -0.25) is 0 Å². The third-order valence-corrected chi connectivity index (χ3v) is 11.6. The Bertz CT molecular complexity index is 644. The molecule has 0 bridgehead atoms. The molecule has 49 heavy (non-hydrogen) atoms. The van der Waals surface area contributed by atoms with Crippen LogP contribution in [0.3, 0.4) is 0 Å². The molecule has 0 spiro atoms. The lowest BCUT2D eigenvalue weighted by Gasteiger charge is -2.33. The van der Waals surface area contributed by atoms with E-state index in [0.29, 0.717) is 6.17 Å². The zero-order valence-corrected chi connectivity index (χ0v) is 34.6. The monoisotopic (exact) mass is 687 g/mol. The topological polar surface area (TPSA) is 6.48 Å². The summed E-state index contributed by atoms with van der Waals surface area (Å²) in [6, 6.07) is 0. The van der Waals surface area contributed by atoms with Crippen LogP contribution in [0.25, 0.3) is 0 Å². The van der Waals surface area contributed by atoms with Crippen molar-refractivity contribution in [1.82, 2.24) is 9.80 Å². The lowest BCUT2D eigenvalue weighted by atomic mass is 10.0. The van der Waals surface area contributed by atoms with Crippen LogP contribution in [0.1, 0.15) is 271 Å². The average Bonchev–Trinajstić information content (AvgIpc) is 3.50. The molecule has 1 rings (SSSR count). The molecule has 0 radical (unpaired) electrons. The van der Waals surface area contributed by atoms with Gasteiger partial charge in [0.1, 0.15) is 6.17 Å². The molecule has 1 aliphatic rings. The van der Waals surface area contributed by atoms with Crippen molar-refractivity contribution in [1.29, 1.82) is 0 Å². The highest BCUT2D eigenvalue weighted by Crippen LogP contribution is 2.24. The average molecular weight is 687 g/mol. The number of rotatable bonds is 41. The van der Waals surface area contributed by atoms with Gasteiger partial charge in [-0.25, -0.2) is 0 Å². The van der Waals surface area contributed by atoms with E-state index < -0.39 is 0 Å². The number of hydrogen-bond acceptors (Lipinski definition) is 2. The van der Waals surface area contributed by atoms with Gasteiger partial charge in [0.15, 0.2) is 0 Å². The van der Waals surface area contributed by atoms with Crippen LogP contribution in [0.15, 0.2) is 12.4 Å². The Morgan fingerprint density at radius 1 is 0.265 bits per heavy atom. The first-order valence-corrected chi connectivity index (χ1v) is 23.5. The molecular weight excluding hydrogens is 593 g/mol. The van der Waals surface area contributed by atoms with Crippen molar-refractivity contribution < 1.29 is 0 Å². The van der Waals surface area contributed by atoms with Gasteiger partial charge >= 0.3 is 0 Å². The van der Waals surface area contributed by atoms with E-state index in [1.54, 1.807) is 0 Å². The quantitative estimate of drug-likeness (QED) is 0.0591. The molecular formula is C47H94N2. The van der Waals surface area contributed by atoms with Gasteiger partial charge in [0.05, 0.1) is 0 Å². The molecule has 0 aromatic rings. The largest absolute Gasteiger partial charge is 0.356 e. The standard InChI is InChI=1S/C47H94N2/c1-4-7-10-13-16-19-22-23-24-25-26-27-29-32-35-38-41-44-49-46-45-48(43-40-37-34-31-28-20-17-14-11-8-5-2)47(49)42-39-36-33-30-21-18-15-12-9-6-3/h45-47H,4-44H2,1-3H3. The summed E-state index contributed by atoms with van der Waals surface area (Å²) >= 11 is 0. The van der Waals surface area contributed by atoms with Gasteiger partial charge in [0, 0.05) is 25.5 Å². The fourth-order valence-corrected chi connectivity index (χ4v) is 8.13. The summed E-state index contributed by atoms with van der Waals surface area (Å²) in [7, 11) is 0. The van der Waals surface area contributed by atoms with Crippen molar-refractivity contribution in [2.24, 2.45) is 0 Å². The fourth-order valence-electron chi connectivity index (χ4n) is 8.13. The lowest BCUT2D eigenvalue weighted by molar-refractivity contribution is 0.135. The van der Waals surface area contributed by atoms with Gasteiger partial charge in [0.25, 0.3) is 0 Å². The molecule has 2 heteroatoms. The van der Waals surface area contributed by atoms with Crippen LogP contribution in [-0.4, -0.2) is 29.1 Å². The van der Waals surface area contributed by atoms with E-state index in [0.717, 1.165) is 0 Å². The minimum absolute atomic E-state index is 0.637. The molecule has 1 heterocycles. The van der Waals surface area contributed by atoms with Crippen molar-refractivity contribution in [3.05, 3.63) is 12.4 Å². The summed E-state index contributed by atoms with van der Waals surface area (Å²) in [6.07, 6.45) is 61.9. The first-order chi connectivity index (χ1) is 24.3. The highest BCUT2D eigenvalue weighted by atomic mass is 15.4. The van der Waals surface area contributed by atoms with E-state index in [2.05, 4.69) is 43.0 Å². The molecule has 0 aromatic carbocycles. The Hall–Kier alpha value is -0.660. The molecule has 1 atom stereocenters. The van der Waals surface area contributed by atoms with Crippen LogP contribution in [0, 0.1) is 0 Å². The number of nitrogens with zero attached hydrogens (tertiary/aromatic N) is 2. The Morgan fingerprint density at radius 3 is 0.714 bits per heavy atom. The van der Waals surface area contributed by atoms with Crippen LogP contribution in [0.5, 0.6) is 0 Å². The number of unbranched alkanes of at least 4 members (excludes halogenated alkanes) is 35. The van der Waals surface area contributed by atoms with Gasteiger partial charge in [0.2, 0.25) is 0 Å². The molecule has 0 aliphatic carbocycles. The van der Waals surface area contributed by atoms with E-state index in [1.807, 2.05) is 0 Å². The first kappa shape index (κ1) is 46.4. The summed E-state index contributed by atoms with van der Waals surface area (Å²) in [6.45, 7) is 9.49. The smallest absolute Gasteiger partial charge is 0.101 e. The van der Waals surface area contributed by atoms with Gasteiger partial charge in [-0.15, -0.1) is 0 Å². The second-order valence-electron chi connectivity index (χ2n) is 16.4. The third kappa shape index (κ3) is 30.7. The molecule has 1 aliphatic heterocycles. The maximum atomic E-state index is 2.73. The van der Waals surface area contributed by atoms with E-state index in [1.165, 1.54) is 264 Å². The molecule has 2 nitrogen and oxygen atoms in total. The molecule has 0 saturated heterocycles. The highest BCUT2D eigenvalue weighted by Gasteiger charge is 2.24. The van der Waals surface area contributed by atoms with Crippen molar-refractivity contribution >= 4 is 0 Å². The van der Waals surface area contributed by atoms with Gasteiger partial charge < -0.3 is 9.80 Å². The summed E-state index contributed by atoms with van der Waals surface area (Å²) < 4.78 is 0. The minimum Gasteiger partial charge on any atom is -0.356 e. The lowest BCUT2D eigenvalue weighted by Crippen LogP contribution is -2.39. The summed E-state index contributed by atoms with van der Waals surface area (Å²) in [5, 5.41) is 0. The second-order valence-corrected chi connectivity index (χ2v) is 16.4. The Morgan fingerprint density at radius 2 is 0.469 bits per heavy atom. The van der Waals surface area contributed by atoms with Crippen molar-refractivity contribution in [2.45, 2.75) is 277 Å². The normalized spacial score (nSPS) is 14.6. The van der Waals surface area contributed by atoms with E-state index in [4.69, 9.17) is 0 Å². The van der Waals surface area contributed by atoms with Gasteiger partial charge in [-0.05, 0) is 25.7 Å². The molecule has 0 amide bonds. The predicted octanol–water partition coefficient (Wildman–Crippen LogP) is 16.7. The summed E-state index contributed by atoms with van der Waals surface area (Å²) in [5.41, 5.74) is 0. The van der Waals surface area contributed by atoms with Crippen molar-refractivity contribution in [2.75, 3.05) is 13.1 Å². The second kappa shape index (κ2) is 38.6. The Labute approximate surface area is 311 Å². The summed E-state index contributed by atoms with van der Waals surface area (Å²) in [4.78, 5) is 5.46. The zero-order valence-electron chi connectivity index (χ0n) is 34.6. The van der Waals surface area contributed by atoms with Crippen LogP contribution in [0.4, 0.5) is 0 Å². The first-order valence-electron chi connectivity index (χ1n) is 23.5. The number of hydrogen-bond donors (Lipinski definition) is 0. The summed E-state index contributed by atoms with van der Waals surface area (Å²) in [5.74, 6) is 0. The Kier molecular flexibility index (Phi) is 36.5. The van der Waals surface area contributed by atoms with E-state index in [-0.39, 0.29) is 0 Å². The van der Waals surface area contributed by atoms with Crippen LogP contribution in [0.2, 0.25) is 0 Å². The Balaban J connectivity index is 2.17. The SMILES string of the molecule is CCCCCCCCCCCCCCCCCCCN1C=CN(CCCCCCCCCCCCC)C1CCCCCCCCCCCC. The molecule has 0 fully saturated rings. The third-order valence-electron chi connectivity index (χ3n) is 11.6. The van der Waals surface area contributed by atoms with Crippen LogP contribution >= 0.6 is 0 Å². The molecule has 0 aromatic heterocycles. The van der Waals surface area contributed by atoms with Crippen molar-refractivity contribution in [3.8, 4) is 0 Å². The highest BCUT2D eigenvalue weighted by molar-refractivity contribution is 4.97. The molecule has 0 saturated carbocycles. The van der Waals surface area contributed by atoms with Gasteiger partial charge in [-0.1, -0.05) is 245 Å². The van der Waals surface area contributed by atoms with Crippen molar-refractivity contribution in [3.63, 3.8) is 0 Å². The minimum atomic E-state index is 0.637. The van der Waals surface area contributed by atoms with Crippen LogP contribution in [-0.2, 0) is 0 Å². The maximum absolute atomic E-state index is 2.73. The van der Waals surface area contributed by atoms with E-state index in [9.17, 15) is 0 Å². The molecule has 1 unspecified atom stereocenters. The van der Waals surface area contributed by atoms with E-state index >= 15 is 0 Å². The fraction of sp³-hybridized carbons (Fsp3) is 0.957.